The van der Waals surface area contributed by atoms with E-state index in [1.165, 1.54) is 0 Å². The van der Waals surface area contributed by atoms with Crippen LogP contribution >= 0.6 is 0 Å². The standard InChI is InChI=1S/Na.2H2O.Sn.3H/h;2*1H2;;;;. The molecule has 0 aromatic rings. The normalized spacial score (nSPS) is 0. The third-order valence-corrected chi connectivity index (χ3v) is 0. The van der Waals surface area contributed by atoms with Gasteiger partial charge >= 0.3 is 53.5 Å². The summed E-state index contributed by atoms with van der Waals surface area (Å²) < 4.78 is 0. The predicted molar refractivity (Wildman–Crippen MR) is 22.9 cm³/mol. The van der Waals surface area contributed by atoms with Gasteiger partial charge in [-0.3, -0.25) is 0 Å². The average Bonchev–Trinajstić information content (AvgIpc) is 0. The van der Waals surface area contributed by atoms with Crippen molar-refractivity contribution in [1.82, 2.24) is 0 Å². The molecule has 2 radical (unpaired) electrons. The van der Waals surface area contributed by atoms with Crippen molar-refractivity contribution in [2.75, 3.05) is 0 Å². The van der Waals surface area contributed by atoms with Crippen molar-refractivity contribution in [2.24, 2.45) is 0 Å². The summed E-state index contributed by atoms with van der Waals surface area (Å²) in [5.41, 5.74) is 0. The van der Waals surface area contributed by atoms with E-state index in [4.69, 9.17) is 0 Å². The van der Waals surface area contributed by atoms with E-state index in [2.05, 4.69) is 0 Å². The molecule has 0 rings (SSSR count). The van der Waals surface area contributed by atoms with Gasteiger partial charge < -0.3 is 11.0 Å². The second-order valence-electron chi connectivity index (χ2n) is 0. The third-order valence-electron chi connectivity index (χ3n) is 0. The van der Waals surface area contributed by atoms with Crippen molar-refractivity contribution in [3.8, 4) is 0 Å². The van der Waals surface area contributed by atoms with E-state index in [9.17, 15) is 0 Å². The van der Waals surface area contributed by atoms with Gasteiger partial charge in [0.1, 0.15) is 0 Å². The van der Waals surface area contributed by atoms with Gasteiger partial charge in [-0.1, -0.05) is 0 Å². The Balaban J connectivity index is 0. The minimum atomic E-state index is 0. The molecule has 4 heteroatoms. The minimum absolute atomic E-state index is 0. The fourth-order valence-electron chi connectivity index (χ4n) is 0. The molecule has 0 aromatic heterocycles. The summed E-state index contributed by atoms with van der Waals surface area (Å²) in [6.45, 7) is 0. The molecule has 4 heavy (non-hydrogen) atoms. The molecule has 0 aromatic carbocycles. The van der Waals surface area contributed by atoms with Gasteiger partial charge in [0.25, 0.3) is 0 Å². The summed E-state index contributed by atoms with van der Waals surface area (Å²) in [4.78, 5) is 0. The summed E-state index contributed by atoms with van der Waals surface area (Å²) in [5.74, 6) is 0. The molecule has 0 saturated carbocycles. The molecule has 2 nitrogen and oxygen atoms in total. The number of rotatable bonds is 0. The number of hydrogen-bond acceptors (Lipinski definition) is 0. The summed E-state index contributed by atoms with van der Waals surface area (Å²) in [5, 5.41) is 0. The Hall–Kier alpha value is 1.72. The van der Waals surface area contributed by atoms with Crippen LogP contribution < -0.4 is 0 Å². The molecular formula is H7NaO2Sn. The van der Waals surface area contributed by atoms with Crippen molar-refractivity contribution >= 4 is 53.5 Å². The van der Waals surface area contributed by atoms with Gasteiger partial charge in [0.15, 0.2) is 0 Å². The van der Waals surface area contributed by atoms with Crippen molar-refractivity contribution < 1.29 is 11.0 Å². The van der Waals surface area contributed by atoms with E-state index in [-0.39, 0.29) is 64.4 Å². The molecule has 0 amide bonds. The molecule has 0 aliphatic carbocycles. The summed E-state index contributed by atoms with van der Waals surface area (Å²) in [6, 6.07) is 0. The van der Waals surface area contributed by atoms with Gasteiger partial charge in [-0.15, -0.1) is 0 Å². The van der Waals surface area contributed by atoms with E-state index >= 15 is 0 Å². The van der Waals surface area contributed by atoms with Crippen LogP contribution in [0.5, 0.6) is 0 Å². The van der Waals surface area contributed by atoms with Crippen molar-refractivity contribution in [1.29, 1.82) is 0 Å². The summed E-state index contributed by atoms with van der Waals surface area (Å²) in [7, 11) is 0. The van der Waals surface area contributed by atoms with Crippen LogP contribution in [-0.2, 0) is 0 Å². The van der Waals surface area contributed by atoms with Crippen LogP contribution in [0.25, 0.3) is 0 Å². The van der Waals surface area contributed by atoms with Crippen LogP contribution in [-0.4, -0.2) is 64.4 Å². The topological polar surface area (TPSA) is 63.0 Å². The first-order chi connectivity index (χ1) is 0. The summed E-state index contributed by atoms with van der Waals surface area (Å²) >= 11 is 0. The first-order valence-electron chi connectivity index (χ1n) is 0. The molecule has 0 fully saturated rings. The molecule has 0 aliphatic rings. The van der Waals surface area contributed by atoms with Crippen LogP contribution in [0.15, 0.2) is 0 Å². The maximum atomic E-state index is 0. The van der Waals surface area contributed by atoms with Crippen molar-refractivity contribution in [3.05, 3.63) is 0 Å². The van der Waals surface area contributed by atoms with Crippen LogP contribution in [0.4, 0.5) is 0 Å². The Bertz CT molecular complexity index is 6.00. The molecular weight excluding hydrogens is 174 g/mol. The fourth-order valence-corrected chi connectivity index (χ4v) is 0. The quantitative estimate of drug-likeness (QED) is 0.353. The SMILES string of the molecule is O.O.[NaH].[SnH2]. The predicted octanol–water partition coefficient (Wildman–Crippen LogP) is -3.21. The van der Waals surface area contributed by atoms with E-state index < -0.39 is 0 Å². The van der Waals surface area contributed by atoms with Gasteiger partial charge in [-0.2, -0.15) is 0 Å². The molecule has 4 N–H and O–H groups in total. The Morgan fingerprint density at radius 2 is 0.750 bits per heavy atom. The molecule has 0 unspecified atom stereocenters. The summed E-state index contributed by atoms with van der Waals surface area (Å²) in [6.07, 6.45) is 0. The van der Waals surface area contributed by atoms with Gasteiger partial charge in [0.05, 0.1) is 0 Å². The molecule has 0 atom stereocenters. The van der Waals surface area contributed by atoms with Gasteiger partial charge in [-0.25, -0.2) is 0 Å². The molecule has 0 bridgehead atoms. The van der Waals surface area contributed by atoms with E-state index in [1.54, 1.807) is 0 Å². The average molecular weight is 181 g/mol. The van der Waals surface area contributed by atoms with Crippen LogP contribution in [0, 0.1) is 0 Å². The second-order valence-corrected chi connectivity index (χ2v) is 0. The van der Waals surface area contributed by atoms with Gasteiger partial charge in [0.2, 0.25) is 0 Å². The Morgan fingerprint density at radius 3 is 0.750 bits per heavy atom. The molecule has 24 valence electrons. The molecule has 0 saturated heterocycles. The first kappa shape index (κ1) is 43.1. The van der Waals surface area contributed by atoms with Gasteiger partial charge in [-0.05, 0) is 0 Å². The van der Waals surface area contributed by atoms with Crippen LogP contribution in [0.2, 0.25) is 0 Å². The zero-order chi connectivity index (χ0) is 0. The first-order valence-corrected chi connectivity index (χ1v) is 0. The zero-order valence-corrected chi connectivity index (χ0v) is 5.74. The molecule has 0 aliphatic heterocycles. The van der Waals surface area contributed by atoms with Crippen molar-refractivity contribution in [2.45, 2.75) is 0 Å². The Kier molecular flexibility index (Phi) is 238. The molecule has 0 spiro atoms. The Labute approximate surface area is 63.8 Å². The third kappa shape index (κ3) is 9.30. The zero-order valence-electron chi connectivity index (χ0n) is 1.71. The van der Waals surface area contributed by atoms with Gasteiger partial charge in [0, 0.05) is 0 Å². The molecule has 0 heterocycles. The van der Waals surface area contributed by atoms with Crippen molar-refractivity contribution in [3.63, 3.8) is 0 Å². The monoisotopic (exact) mass is 182 g/mol. The van der Waals surface area contributed by atoms with Crippen LogP contribution in [0.3, 0.4) is 0 Å². The van der Waals surface area contributed by atoms with Crippen LogP contribution in [0.1, 0.15) is 0 Å². The van der Waals surface area contributed by atoms with E-state index in [0.717, 1.165) is 0 Å². The maximum absolute atomic E-state index is 0. The Morgan fingerprint density at radius 1 is 0.750 bits per heavy atom. The van der Waals surface area contributed by atoms with E-state index in [0.29, 0.717) is 0 Å². The fraction of sp³-hybridized carbons (Fsp3) is 0. The number of hydrogen-bond donors (Lipinski definition) is 0. The second kappa shape index (κ2) is 22.1. The van der Waals surface area contributed by atoms with E-state index in [1.807, 2.05) is 0 Å².